The lowest BCUT2D eigenvalue weighted by Crippen LogP contribution is -2.57. The summed E-state index contributed by atoms with van der Waals surface area (Å²) in [5, 5.41) is 6.16. The molecule has 0 saturated heterocycles. The molecule has 0 aliphatic heterocycles. The number of carbonyl (C=O) groups excluding carboxylic acids is 1. The van der Waals surface area contributed by atoms with E-state index in [2.05, 4.69) is 10.6 Å². The quantitative estimate of drug-likeness (QED) is 0.453. The minimum Gasteiger partial charge on any atom is -0.336 e. The second-order valence-corrected chi connectivity index (χ2v) is 10.6. The van der Waals surface area contributed by atoms with Crippen molar-refractivity contribution in [2.75, 3.05) is 0 Å². The molecular weight excluding hydrogens is 413 g/mol. The van der Waals surface area contributed by atoms with E-state index in [1.807, 2.05) is 13.8 Å². The lowest BCUT2D eigenvalue weighted by atomic mass is 9.95. The Kier molecular flexibility index (Phi) is 7.07. The molecular formula is C16H23Cl5N2O. The van der Waals surface area contributed by atoms with Gasteiger partial charge in [-0.15, -0.1) is 0 Å². The summed E-state index contributed by atoms with van der Waals surface area (Å²) in [7, 11) is 0. The van der Waals surface area contributed by atoms with Crippen molar-refractivity contribution in [1.29, 1.82) is 0 Å². The normalized spacial score (nSPS) is 28.1. The van der Waals surface area contributed by atoms with E-state index in [1.165, 1.54) is 6.42 Å². The highest BCUT2D eigenvalue weighted by Gasteiger charge is 2.61. The minimum absolute atomic E-state index is 0.0202. The zero-order chi connectivity index (χ0) is 18.1. The highest BCUT2D eigenvalue weighted by atomic mass is 35.6. The van der Waals surface area contributed by atoms with Crippen LogP contribution in [0.2, 0.25) is 0 Å². The van der Waals surface area contributed by atoms with Gasteiger partial charge >= 0.3 is 0 Å². The molecule has 0 heterocycles. The van der Waals surface area contributed by atoms with Gasteiger partial charge in [0, 0.05) is 6.04 Å². The first kappa shape index (κ1) is 20.9. The zero-order valence-corrected chi connectivity index (χ0v) is 17.5. The number of halogens is 5. The molecule has 0 radical (unpaired) electrons. The van der Waals surface area contributed by atoms with E-state index in [4.69, 9.17) is 58.0 Å². The lowest BCUT2D eigenvalue weighted by molar-refractivity contribution is -0.124. The van der Waals surface area contributed by atoms with Gasteiger partial charge in [-0.05, 0) is 30.3 Å². The molecule has 2 rings (SSSR count). The van der Waals surface area contributed by atoms with Crippen molar-refractivity contribution < 1.29 is 4.79 Å². The molecule has 0 aromatic rings. The van der Waals surface area contributed by atoms with Gasteiger partial charge < -0.3 is 5.32 Å². The van der Waals surface area contributed by atoms with E-state index in [-0.39, 0.29) is 33.7 Å². The lowest BCUT2D eigenvalue weighted by Gasteiger charge is -2.33. The van der Waals surface area contributed by atoms with Gasteiger partial charge in [0.15, 0.2) is 0 Å². The maximum Gasteiger partial charge on any atom is 0.225 e. The van der Waals surface area contributed by atoms with E-state index in [9.17, 15) is 4.79 Å². The molecule has 0 aromatic carbocycles. The first-order chi connectivity index (χ1) is 11.0. The molecule has 0 spiro atoms. The van der Waals surface area contributed by atoms with Gasteiger partial charge in [-0.2, -0.15) is 0 Å². The molecule has 3 nitrogen and oxygen atoms in total. The Hall–Kier alpha value is 0.620. The number of allylic oxidation sites excluding steroid dienone is 1. The fraction of sp³-hybridized carbons (Fsp3) is 0.812. The molecule has 0 bridgehead atoms. The van der Waals surface area contributed by atoms with Gasteiger partial charge in [-0.25, -0.2) is 0 Å². The summed E-state index contributed by atoms with van der Waals surface area (Å²) >= 11 is 29.7. The topological polar surface area (TPSA) is 41.1 Å². The smallest absolute Gasteiger partial charge is 0.225 e. The number of nitrogens with one attached hydrogen (secondary N) is 2. The Morgan fingerprint density at radius 2 is 1.75 bits per heavy atom. The van der Waals surface area contributed by atoms with E-state index in [1.54, 1.807) is 6.08 Å². The summed E-state index contributed by atoms with van der Waals surface area (Å²) in [5.74, 6) is -0.420. The van der Waals surface area contributed by atoms with Crippen LogP contribution in [0.4, 0.5) is 0 Å². The van der Waals surface area contributed by atoms with Gasteiger partial charge in [-0.3, -0.25) is 10.1 Å². The van der Waals surface area contributed by atoms with Crippen LogP contribution < -0.4 is 10.6 Å². The monoisotopic (exact) mass is 434 g/mol. The number of carbonyl (C=O) groups is 1. The highest BCUT2D eigenvalue weighted by molar-refractivity contribution is 6.68. The Balaban J connectivity index is 2.01. The van der Waals surface area contributed by atoms with Crippen molar-refractivity contribution in [2.24, 2.45) is 17.3 Å². The van der Waals surface area contributed by atoms with Crippen LogP contribution in [0, 0.1) is 17.3 Å². The fourth-order valence-electron chi connectivity index (χ4n) is 3.58. The van der Waals surface area contributed by atoms with Crippen LogP contribution in [-0.2, 0) is 4.79 Å². The van der Waals surface area contributed by atoms with Gasteiger partial charge in [0.2, 0.25) is 9.70 Å². The number of amides is 1. The third-order valence-electron chi connectivity index (χ3n) is 5.12. The van der Waals surface area contributed by atoms with Crippen molar-refractivity contribution >= 4 is 63.9 Å². The first-order valence-electron chi connectivity index (χ1n) is 8.19. The largest absolute Gasteiger partial charge is 0.336 e. The maximum absolute atomic E-state index is 12.7. The third-order valence-corrected chi connectivity index (χ3v) is 6.03. The molecule has 2 N–H and O–H groups in total. The van der Waals surface area contributed by atoms with Crippen LogP contribution in [0.1, 0.15) is 46.0 Å². The molecule has 24 heavy (non-hydrogen) atoms. The van der Waals surface area contributed by atoms with Crippen molar-refractivity contribution in [3.05, 3.63) is 10.6 Å². The number of hydrogen-bond donors (Lipinski definition) is 2. The number of rotatable bonds is 5. The van der Waals surface area contributed by atoms with Gasteiger partial charge in [-0.1, -0.05) is 91.1 Å². The molecule has 8 heteroatoms. The predicted octanol–water partition coefficient (Wildman–Crippen LogP) is 5.31. The molecule has 0 unspecified atom stereocenters. The average molecular weight is 437 g/mol. The number of alkyl halides is 3. The van der Waals surface area contributed by atoms with Crippen molar-refractivity contribution in [1.82, 2.24) is 10.6 Å². The van der Waals surface area contributed by atoms with E-state index < -0.39 is 9.96 Å². The van der Waals surface area contributed by atoms with Crippen molar-refractivity contribution in [2.45, 2.75) is 62.0 Å². The molecule has 2 saturated carbocycles. The minimum atomic E-state index is -1.62. The SMILES string of the molecule is CC1(C)[C@H](C=C(Cl)Cl)[C@@H]1C(=O)N[C@@H](NC1CCCCC1)C(Cl)(Cl)Cl. The van der Waals surface area contributed by atoms with Crippen LogP contribution in [0.5, 0.6) is 0 Å². The number of hydrogen-bond acceptors (Lipinski definition) is 2. The summed E-state index contributed by atoms with van der Waals surface area (Å²) in [4.78, 5) is 12.7. The first-order valence-corrected chi connectivity index (χ1v) is 10.1. The molecule has 2 fully saturated rings. The van der Waals surface area contributed by atoms with E-state index in [0.717, 1.165) is 25.7 Å². The second kappa shape index (κ2) is 8.10. The van der Waals surface area contributed by atoms with E-state index >= 15 is 0 Å². The van der Waals surface area contributed by atoms with Crippen LogP contribution >= 0.6 is 58.0 Å². The standard InChI is InChI=1S/C16H23Cl5N2O/c1-15(2)10(8-11(17)18)12(15)13(24)23-14(16(19,20)21)22-9-6-4-3-5-7-9/h8-10,12,14,22H,3-7H2,1-2H3,(H,23,24)/t10-,12-,14-/m1/s1. The van der Waals surface area contributed by atoms with Gasteiger partial charge in [0.1, 0.15) is 10.7 Å². The maximum atomic E-state index is 12.7. The highest BCUT2D eigenvalue weighted by Crippen LogP contribution is 2.59. The van der Waals surface area contributed by atoms with Crippen LogP contribution in [0.15, 0.2) is 10.6 Å². The van der Waals surface area contributed by atoms with Crippen molar-refractivity contribution in [3.63, 3.8) is 0 Å². The fourth-order valence-corrected chi connectivity index (χ4v) is 4.20. The Morgan fingerprint density at radius 1 is 1.17 bits per heavy atom. The predicted molar refractivity (Wildman–Crippen MR) is 103 cm³/mol. The van der Waals surface area contributed by atoms with Gasteiger partial charge in [0.05, 0.1) is 5.92 Å². The summed E-state index contributed by atoms with van der Waals surface area (Å²) in [6, 6.07) is 0.250. The molecule has 138 valence electrons. The Bertz CT molecular complexity index is 493. The molecule has 3 atom stereocenters. The van der Waals surface area contributed by atoms with Crippen LogP contribution in [0.3, 0.4) is 0 Å². The summed E-state index contributed by atoms with van der Waals surface area (Å²) < 4.78 is -1.46. The summed E-state index contributed by atoms with van der Waals surface area (Å²) in [5.41, 5.74) is -0.220. The van der Waals surface area contributed by atoms with Crippen LogP contribution in [0.25, 0.3) is 0 Å². The van der Waals surface area contributed by atoms with Crippen LogP contribution in [-0.4, -0.2) is 21.9 Å². The average Bonchev–Trinajstić information content (AvgIpc) is 2.98. The summed E-state index contributed by atoms with van der Waals surface area (Å²) in [6.07, 6.45) is 6.54. The molecule has 2 aliphatic carbocycles. The molecule has 0 aromatic heterocycles. The Labute approximate surface area is 168 Å². The second-order valence-electron chi connectivity index (χ2n) is 7.27. The summed E-state index contributed by atoms with van der Waals surface area (Å²) in [6.45, 7) is 3.99. The van der Waals surface area contributed by atoms with E-state index in [0.29, 0.717) is 0 Å². The van der Waals surface area contributed by atoms with Gasteiger partial charge in [0.25, 0.3) is 0 Å². The molecule has 1 amide bonds. The zero-order valence-electron chi connectivity index (χ0n) is 13.7. The molecule has 2 aliphatic rings. The van der Waals surface area contributed by atoms with Crippen molar-refractivity contribution in [3.8, 4) is 0 Å². The Morgan fingerprint density at radius 3 is 2.25 bits per heavy atom. The third kappa shape index (κ3) is 5.31.